The molecule has 2 rings (SSSR count). The van der Waals surface area contributed by atoms with E-state index in [0.29, 0.717) is 23.7 Å². The highest BCUT2D eigenvalue weighted by Crippen LogP contribution is 2.24. The number of hydrogen-bond donors (Lipinski definition) is 1. The van der Waals surface area contributed by atoms with Gasteiger partial charge in [0.1, 0.15) is 5.75 Å². The van der Waals surface area contributed by atoms with Crippen LogP contribution in [-0.2, 0) is 11.2 Å². The molecular formula is C13H17ClN2O2. The van der Waals surface area contributed by atoms with E-state index in [4.69, 9.17) is 22.1 Å². The fraction of sp³-hybridized carbons (Fsp3) is 0.462. The standard InChI is InChI=1S/C13H17ClN2O2/c1-18-12-3-2-10(14)6-9(12)7-13(17)16-5-4-11(15)8-16/h2-3,6,11H,4-5,7-8,15H2,1H3/t11-/m1/s1. The molecule has 2 N–H and O–H groups in total. The largest absolute Gasteiger partial charge is 0.496 e. The predicted molar refractivity (Wildman–Crippen MR) is 70.9 cm³/mol. The van der Waals surface area contributed by atoms with Gasteiger partial charge in [0.05, 0.1) is 13.5 Å². The van der Waals surface area contributed by atoms with Crippen molar-refractivity contribution in [3.05, 3.63) is 28.8 Å². The number of amides is 1. The van der Waals surface area contributed by atoms with Crippen LogP contribution in [0, 0.1) is 0 Å². The van der Waals surface area contributed by atoms with Gasteiger partial charge in [-0.05, 0) is 24.6 Å². The van der Waals surface area contributed by atoms with Gasteiger partial charge in [0.2, 0.25) is 5.91 Å². The van der Waals surface area contributed by atoms with E-state index in [1.807, 2.05) is 0 Å². The van der Waals surface area contributed by atoms with Crippen molar-refractivity contribution in [3.8, 4) is 5.75 Å². The number of benzene rings is 1. The Balaban J connectivity index is 2.09. The topological polar surface area (TPSA) is 55.6 Å². The zero-order chi connectivity index (χ0) is 13.1. The van der Waals surface area contributed by atoms with Crippen LogP contribution in [0.2, 0.25) is 5.02 Å². The van der Waals surface area contributed by atoms with Crippen molar-refractivity contribution in [2.75, 3.05) is 20.2 Å². The lowest BCUT2D eigenvalue weighted by Gasteiger charge is -2.17. The Hall–Kier alpha value is -1.26. The Kier molecular flexibility index (Phi) is 4.09. The van der Waals surface area contributed by atoms with Crippen LogP contribution in [0.4, 0.5) is 0 Å². The summed E-state index contributed by atoms with van der Waals surface area (Å²) in [7, 11) is 1.59. The summed E-state index contributed by atoms with van der Waals surface area (Å²) >= 11 is 5.94. The lowest BCUT2D eigenvalue weighted by molar-refractivity contribution is -0.129. The maximum absolute atomic E-state index is 12.1. The van der Waals surface area contributed by atoms with E-state index in [0.717, 1.165) is 18.5 Å². The van der Waals surface area contributed by atoms with Crippen LogP contribution in [0.1, 0.15) is 12.0 Å². The normalized spacial score (nSPS) is 19.1. The summed E-state index contributed by atoms with van der Waals surface area (Å²) in [5.41, 5.74) is 6.61. The molecule has 0 bridgehead atoms. The van der Waals surface area contributed by atoms with E-state index in [-0.39, 0.29) is 11.9 Å². The van der Waals surface area contributed by atoms with Gasteiger partial charge in [-0.2, -0.15) is 0 Å². The average molecular weight is 269 g/mol. The van der Waals surface area contributed by atoms with Gasteiger partial charge < -0.3 is 15.4 Å². The molecule has 1 heterocycles. The molecule has 0 spiro atoms. The molecule has 1 aliphatic heterocycles. The Morgan fingerprint density at radius 3 is 3.00 bits per heavy atom. The van der Waals surface area contributed by atoms with Gasteiger partial charge in [-0.15, -0.1) is 0 Å². The van der Waals surface area contributed by atoms with E-state index >= 15 is 0 Å². The molecule has 5 heteroatoms. The SMILES string of the molecule is COc1ccc(Cl)cc1CC(=O)N1CC[C@@H](N)C1. The number of carbonyl (C=O) groups is 1. The van der Waals surface area contributed by atoms with Gasteiger partial charge in [0.25, 0.3) is 0 Å². The highest BCUT2D eigenvalue weighted by atomic mass is 35.5. The van der Waals surface area contributed by atoms with E-state index in [1.54, 1.807) is 30.2 Å². The van der Waals surface area contributed by atoms with Crippen LogP contribution in [0.3, 0.4) is 0 Å². The zero-order valence-electron chi connectivity index (χ0n) is 10.4. The number of likely N-dealkylation sites (tertiary alicyclic amines) is 1. The molecule has 18 heavy (non-hydrogen) atoms. The van der Waals surface area contributed by atoms with Crippen molar-refractivity contribution in [1.29, 1.82) is 0 Å². The van der Waals surface area contributed by atoms with Gasteiger partial charge in [-0.1, -0.05) is 11.6 Å². The molecule has 1 aromatic carbocycles. The van der Waals surface area contributed by atoms with Crippen molar-refractivity contribution in [2.45, 2.75) is 18.9 Å². The number of nitrogens with zero attached hydrogens (tertiary/aromatic N) is 1. The molecule has 0 aliphatic carbocycles. The monoisotopic (exact) mass is 268 g/mol. The Morgan fingerprint density at radius 1 is 1.61 bits per heavy atom. The van der Waals surface area contributed by atoms with Gasteiger partial charge in [0.15, 0.2) is 0 Å². The fourth-order valence-electron chi connectivity index (χ4n) is 2.17. The summed E-state index contributed by atoms with van der Waals surface area (Å²) in [5.74, 6) is 0.764. The summed E-state index contributed by atoms with van der Waals surface area (Å²) in [5, 5.41) is 0.608. The van der Waals surface area contributed by atoms with Crippen LogP contribution in [0.5, 0.6) is 5.75 Å². The first-order chi connectivity index (χ1) is 8.60. The van der Waals surface area contributed by atoms with Crippen molar-refractivity contribution in [3.63, 3.8) is 0 Å². The predicted octanol–water partition coefficient (Wildman–Crippen LogP) is 1.45. The molecule has 0 unspecified atom stereocenters. The summed E-state index contributed by atoms with van der Waals surface area (Å²) in [6.45, 7) is 1.38. The highest BCUT2D eigenvalue weighted by molar-refractivity contribution is 6.30. The average Bonchev–Trinajstić information content (AvgIpc) is 2.76. The van der Waals surface area contributed by atoms with E-state index in [1.165, 1.54) is 0 Å². The summed E-state index contributed by atoms with van der Waals surface area (Å²) in [4.78, 5) is 13.9. The number of hydrogen-bond acceptors (Lipinski definition) is 3. The third-order valence-corrected chi connectivity index (χ3v) is 3.40. The molecule has 1 saturated heterocycles. The summed E-state index contributed by atoms with van der Waals surface area (Å²) in [6, 6.07) is 5.41. The third-order valence-electron chi connectivity index (χ3n) is 3.16. The van der Waals surface area contributed by atoms with Crippen molar-refractivity contribution in [2.24, 2.45) is 5.73 Å². The number of rotatable bonds is 3. The van der Waals surface area contributed by atoms with Gasteiger partial charge in [-0.25, -0.2) is 0 Å². The van der Waals surface area contributed by atoms with Crippen molar-refractivity contribution in [1.82, 2.24) is 4.90 Å². The number of ether oxygens (including phenoxy) is 1. The number of halogens is 1. The number of nitrogens with two attached hydrogens (primary N) is 1. The minimum Gasteiger partial charge on any atom is -0.496 e. The Labute approximate surface area is 112 Å². The van der Waals surface area contributed by atoms with Crippen molar-refractivity contribution < 1.29 is 9.53 Å². The summed E-state index contributed by atoms with van der Waals surface area (Å²) in [6.07, 6.45) is 1.18. The first-order valence-corrected chi connectivity index (χ1v) is 6.33. The van der Waals surface area contributed by atoms with Crippen molar-refractivity contribution >= 4 is 17.5 Å². The molecule has 1 fully saturated rings. The van der Waals surface area contributed by atoms with E-state index in [9.17, 15) is 4.79 Å². The van der Waals surface area contributed by atoms with Gasteiger partial charge in [-0.3, -0.25) is 4.79 Å². The maximum atomic E-state index is 12.1. The molecule has 1 aromatic rings. The second-order valence-corrected chi connectivity index (χ2v) is 4.96. The minimum atomic E-state index is 0.0727. The first kappa shape index (κ1) is 13.2. The lowest BCUT2D eigenvalue weighted by atomic mass is 10.1. The van der Waals surface area contributed by atoms with Gasteiger partial charge >= 0.3 is 0 Å². The molecule has 1 aliphatic rings. The smallest absolute Gasteiger partial charge is 0.227 e. The molecule has 1 amide bonds. The second kappa shape index (κ2) is 5.59. The van der Waals surface area contributed by atoms with Crippen LogP contribution in [-0.4, -0.2) is 37.0 Å². The first-order valence-electron chi connectivity index (χ1n) is 5.96. The van der Waals surface area contributed by atoms with Crippen LogP contribution >= 0.6 is 11.6 Å². The lowest BCUT2D eigenvalue weighted by Crippen LogP contribution is -2.33. The van der Waals surface area contributed by atoms with Gasteiger partial charge in [0, 0.05) is 29.7 Å². The Bertz CT molecular complexity index is 451. The Morgan fingerprint density at radius 2 is 2.39 bits per heavy atom. The third kappa shape index (κ3) is 2.94. The van der Waals surface area contributed by atoms with E-state index in [2.05, 4.69) is 0 Å². The molecular weight excluding hydrogens is 252 g/mol. The van der Waals surface area contributed by atoms with Crippen LogP contribution < -0.4 is 10.5 Å². The second-order valence-electron chi connectivity index (χ2n) is 4.52. The molecule has 0 radical (unpaired) electrons. The van der Waals surface area contributed by atoms with E-state index < -0.39 is 0 Å². The molecule has 98 valence electrons. The zero-order valence-corrected chi connectivity index (χ0v) is 11.1. The highest BCUT2D eigenvalue weighted by Gasteiger charge is 2.24. The molecule has 1 atom stereocenters. The molecule has 4 nitrogen and oxygen atoms in total. The number of carbonyl (C=O) groups excluding carboxylic acids is 1. The molecule has 0 aromatic heterocycles. The fourth-order valence-corrected chi connectivity index (χ4v) is 2.37. The van der Waals surface area contributed by atoms with Crippen LogP contribution in [0.15, 0.2) is 18.2 Å². The maximum Gasteiger partial charge on any atom is 0.227 e. The summed E-state index contributed by atoms with van der Waals surface area (Å²) < 4.78 is 5.23. The quantitative estimate of drug-likeness (QED) is 0.903. The number of methoxy groups -OCH3 is 1. The minimum absolute atomic E-state index is 0.0727. The molecule has 0 saturated carbocycles. The van der Waals surface area contributed by atoms with Crippen LogP contribution in [0.25, 0.3) is 0 Å².